The molecule has 2 aromatic heterocycles. The quantitative estimate of drug-likeness (QED) is 0.672. The molecule has 1 aromatic carbocycles. The van der Waals surface area contributed by atoms with Crippen LogP contribution in [0.15, 0.2) is 47.1 Å². The number of anilines is 2. The molecule has 5 nitrogen and oxygen atoms in total. The van der Waals surface area contributed by atoms with Crippen LogP contribution in [0.2, 0.25) is 5.02 Å². The van der Waals surface area contributed by atoms with Gasteiger partial charge in [-0.1, -0.05) is 11.6 Å². The van der Waals surface area contributed by atoms with Crippen molar-refractivity contribution in [2.45, 2.75) is 12.3 Å². The minimum atomic E-state index is -0.290. The van der Waals surface area contributed by atoms with Crippen molar-refractivity contribution in [2.75, 3.05) is 11.1 Å². The summed E-state index contributed by atoms with van der Waals surface area (Å²) < 4.78 is 5.47. The van der Waals surface area contributed by atoms with Crippen molar-refractivity contribution < 1.29 is 14.0 Å². The Hall–Kier alpha value is -2.57. The minimum absolute atomic E-state index is 0.124. The molecule has 3 heterocycles. The monoisotopic (exact) mass is 372 g/mol. The first-order valence-corrected chi connectivity index (χ1v) is 8.79. The van der Waals surface area contributed by atoms with Crippen LogP contribution in [0.4, 0.5) is 10.7 Å². The fourth-order valence-electron chi connectivity index (χ4n) is 2.99. The summed E-state index contributed by atoms with van der Waals surface area (Å²) in [6, 6.07) is 10.2. The van der Waals surface area contributed by atoms with E-state index in [1.807, 2.05) is 6.07 Å². The fourth-order valence-corrected chi connectivity index (χ4v) is 4.28. The molecule has 4 rings (SSSR count). The highest BCUT2D eigenvalue weighted by atomic mass is 35.5. The van der Waals surface area contributed by atoms with Crippen LogP contribution in [0.3, 0.4) is 0 Å². The Bertz CT molecular complexity index is 961. The van der Waals surface area contributed by atoms with E-state index in [0.29, 0.717) is 31.9 Å². The van der Waals surface area contributed by atoms with Crippen LogP contribution in [-0.2, 0) is 4.79 Å². The number of amides is 1. The van der Waals surface area contributed by atoms with Gasteiger partial charge in [0.25, 0.3) is 0 Å². The number of hydrogen-bond donors (Lipinski definition) is 2. The first-order valence-electron chi connectivity index (χ1n) is 7.60. The Kier molecular flexibility index (Phi) is 3.86. The van der Waals surface area contributed by atoms with Crippen LogP contribution in [-0.4, -0.2) is 11.7 Å². The van der Waals surface area contributed by atoms with Gasteiger partial charge in [0, 0.05) is 22.6 Å². The first-order chi connectivity index (χ1) is 12.0. The number of carbonyl (C=O) groups excluding carboxylic acids is 2. The molecule has 1 amide bonds. The number of ketones is 1. The van der Waals surface area contributed by atoms with Crippen LogP contribution in [0.25, 0.3) is 0 Å². The van der Waals surface area contributed by atoms with Gasteiger partial charge in [0.2, 0.25) is 11.7 Å². The van der Waals surface area contributed by atoms with Crippen LogP contribution in [0, 0.1) is 0 Å². The van der Waals surface area contributed by atoms with Crippen LogP contribution in [0.5, 0.6) is 0 Å². The summed E-state index contributed by atoms with van der Waals surface area (Å²) in [5.74, 6) is 0.0505. The molecule has 0 fully saturated rings. The van der Waals surface area contributed by atoms with Crippen LogP contribution in [0.1, 0.15) is 38.9 Å². The second-order valence-corrected chi connectivity index (χ2v) is 7.20. The van der Waals surface area contributed by atoms with E-state index in [1.54, 1.807) is 36.6 Å². The zero-order chi connectivity index (χ0) is 17.6. The summed E-state index contributed by atoms with van der Waals surface area (Å²) >= 11 is 7.07. The van der Waals surface area contributed by atoms with Crippen molar-refractivity contribution in [3.05, 3.63) is 69.4 Å². The molecule has 0 saturated heterocycles. The number of benzene rings is 1. The van der Waals surface area contributed by atoms with Crippen molar-refractivity contribution in [3.63, 3.8) is 0 Å². The lowest BCUT2D eigenvalue weighted by Gasteiger charge is -2.21. The van der Waals surface area contributed by atoms with E-state index in [-0.39, 0.29) is 24.0 Å². The highest BCUT2D eigenvalue weighted by Gasteiger charge is 2.35. The molecule has 1 atom stereocenters. The number of furan rings is 1. The molecular weight excluding hydrogens is 360 g/mol. The van der Waals surface area contributed by atoms with Crippen molar-refractivity contribution in [1.29, 1.82) is 0 Å². The van der Waals surface area contributed by atoms with Crippen molar-refractivity contribution >= 4 is 45.3 Å². The lowest BCUT2D eigenvalue weighted by molar-refractivity contribution is -0.116. The van der Waals surface area contributed by atoms with E-state index in [2.05, 4.69) is 5.32 Å². The zero-order valence-electron chi connectivity index (χ0n) is 12.9. The summed E-state index contributed by atoms with van der Waals surface area (Å²) in [4.78, 5) is 25.3. The Labute approximate surface area is 152 Å². The van der Waals surface area contributed by atoms with Crippen molar-refractivity contribution in [1.82, 2.24) is 0 Å². The molecule has 0 spiro atoms. The summed E-state index contributed by atoms with van der Waals surface area (Å²) in [6.45, 7) is 0. The van der Waals surface area contributed by atoms with Gasteiger partial charge in [0.05, 0.1) is 17.9 Å². The Morgan fingerprint density at radius 2 is 2.04 bits per heavy atom. The van der Waals surface area contributed by atoms with Crippen molar-refractivity contribution in [2.24, 2.45) is 0 Å². The molecule has 0 aliphatic carbocycles. The van der Waals surface area contributed by atoms with E-state index in [1.165, 1.54) is 11.3 Å². The lowest BCUT2D eigenvalue weighted by Crippen LogP contribution is -2.22. The second kappa shape index (κ2) is 6.06. The number of nitrogen functional groups attached to an aromatic ring is 1. The molecular formula is C18H13ClN2O3S. The second-order valence-electron chi connectivity index (χ2n) is 5.74. The average molecular weight is 373 g/mol. The van der Waals surface area contributed by atoms with Gasteiger partial charge >= 0.3 is 0 Å². The number of hydrogen-bond acceptors (Lipinski definition) is 5. The van der Waals surface area contributed by atoms with Crippen LogP contribution >= 0.6 is 22.9 Å². The SMILES string of the molecule is Nc1c(C(=O)c2ccc(Cl)cc2)sc2c1[C@H](c1ccco1)CC(=O)N2. The highest BCUT2D eigenvalue weighted by Crippen LogP contribution is 2.47. The largest absolute Gasteiger partial charge is 0.469 e. The zero-order valence-corrected chi connectivity index (χ0v) is 14.5. The van der Waals surface area contributed by atoms with Gasteiger partial charge < -0.3 is 15.5 Å². The maximum Gasteiger partial charge on any atom is 0.226 e. The van der Waals surface area contributed by atoms with Gasteiger partial charge in [-0.3, -0.25) is 9.59 Å². The van der Waals surface area contributed by atoms with Gasteiger partial charge in [-0.2, -0.15) is 0 Å². The third-order valence-corrected chi connectivity index (χ3v) is 5.56. The molecule has 1 aliphatic rings. The van der Waals surface area contributed by atoms with Gasteiger partial charge in [-0.05, 0) is 36.4 Å². The molecule has 0 bridgehead atoms. The predicted octanol–water partition coefficient (Wildman–Crippen LogP) is 4.28. The highest BCUT2D eigenvalue weighted by molar-refractivity contribution is 7.19. The maximum atomic E-state index is 12.8. The van der Waals surface area contributed by atoms with Gasteiger partial charge in [-0.25, -0.2) is 0 Å². The standard InChI is InChI=1S/C18H13ClN2O3S/c19-10-5-3-9(4-6-10)16(23)17-15(20)14-11(12-2-1-7-24-12)8-13(22)21-18(14)25-17/h1-7,11H,8,20H2,(H,21,22)/t11-/m0/s1. The Morgan fingerprint density at radius 3 is 2.72 bits per heavy atom. The molecule has 1 aliphatic heterocycles. The Morgan fingerprint density at radius 1 is 1.28 bits per heavy atom. The topological polar surface area (TPSA) is 85.3 Å². The van der Waals surface area contributed by atoms with Crippen LogP contribution < -0.4 is 11.1 Å². The third kappa shape index (κ3) is 2.73. The normalized spacial score (nSPS) is 16.4. The number of halogens is 1. The molecule has 126 valence electrons. The van der Waals surface area contributed by atoms with Gasteiger partial charge in [-0.15, -0.1) is 11.3 Å². The molecule has 7 heteroatoms. The lowest BCUT2D eigenvalue weighted by atomic mass is 9.90. The average Bonchev–Trinajstić information content (AvgIpc) is 3.23. The fraction of sp³-hybridized carbons (Fsp3) is 0.111. The van der Waals surface area contributed by atoms with E-state index < -0.39 is 0 Å². The van der Waals surface area contributed by atoms with Gasteiger partial charge in [0.15, 0.2) is 0 Å². The molecule has 0 radical (unpaired) electrons. The summed E-state index contributed by atoms with van der Waals surface area (Å²) in [5.41, 5.74) is 7.94. The molecule has 3 N–H and O–H groups in total. The van der Waals surface area contributed by atoms with Crippen molar-refractivity contribution in [3.8, 4) is 0 Å². The molecule has 3 aromatic rings. The van der Waals surface area contributed by atoms with E-state index in [0.717, 1.165) is 5.56 Å². The first kappa shape index (κ1) is 15.9. The predicted molar refractivity (Wildman–Crippen MR) is 97.4 cm³/mol. The molecule has 0 unspecified atom stereocenters. The van der Waals surface area contributed by atoms with E-state index in [9.17, 15) is 9.59 Å². The van der Waals surface area contributed by atoms with Gasteiger partial charge in [0.1, 0.15) is 15.6 Å². The summed E-state index contributed by atoms with van der Waals surface area (Å²) in [7, 11) is 0. The number of thiophene rings is 1. The van der Waals surface area contributed by atoms with E-state index in [4.69, 9.17) is 21.8 Å². The third-order valence-electron chi connectivity index (χ3n) is 4.17. The summed E-state index contributed by atoms with van der Waals surface area (Å²) in [5, 5.41) is 3.97. The number of nitrogens with two attached hydrogens (primary N) is 1. The minimum Gasteiger partial charge on any atom is -0.469 e. The summed E-state index contributed by atoms with van der Waals surface area (Å²) in [6.07, 6.45) is 1.79. The molecule has 0 saturated carbocycles. The maximum absolute atomic E-state index is 12.8. The number of fused-ring (bicyclic) bond motifs is 1. The number of nitrogens with one attached hydrogen (secondary N) is 1. The smallest absolute Gasteiger partial charge is 0.226 e. The number of carbonyl (C=O) groups is 2. The Balaban J connectivity index is 1.80. The van der Waals surface area contributed by atoms with E-state index >= 15 is 0 Å². The molecule has 25 heavy (non-hydrogen) atoms. The number of rotatable bonds is 3.